The van der Waals surface area contributed by atoms with Gasteiger partial charge in [-0.2, -0.15) is 0 Å². The predicted octanol–water partition coefficient (Wildman–Crippen LogP) is 0.845. The fourth-order valence-electron chi connectivity index (χ4n) is 1.82. The van der Waals surface area contributed by atoms with Gasteiger partial charge in [-0.05, 0) is 12.2 Å². The maximum absolute atomic E-state index is 5.60. The molecule has 0 saturated carbocycles. The first kappa shape index (κ1) is 9.86. The Morgan fingerprint density at radius 1 is 0.929 bits per heavy atom. The molecule has 0 N–H and O–H groups in total. The molecule has 14 heavy (non-hydrogen) atoms. The fraction of sp³-hybridized carbons (Fsp3) is 0.600. The van der Waals surface area contributed by atoms with Crippen LogP contribution in [0.3, 0.4) is 0 Å². The Morgan fingerprint density at radius 2 is 1.36 bits per heavy atom. The van der Waals surface area contributed by atoms with Crippen molar-refractivity contribution in [2.45, 2.75) is 11.6 Å². The molecule has 1 heterocycles. The van der Waals surface area contributed by atoms with Gasteiger partial charge in [0.15, 0.2) is 0 Å². The lowest BCUT2D eigenvalue weighted by molar-refractivity contribution is -0.390. The Bertz CT molecular complexity index is 245. The van der Waals surface area contributed by atoms with Gasteiger partial charge in [-0.15, -0.1) is 0 Å². The van der Waals surface area contributed by atoms with Crippen molar-refractivity contribution in [3.05, 3.63) is 24.3 Å². The Labute approximate surface area is 83.1 Å². The Kier molecular flexibility index (Phi) is 2.45. The first-order chi connectivity index (χ1) is 6.79. The molecular formula is C10H14O4. The van der Waals surface area contributed by atoms with Gasteiger partial charge >= 0.3 is 0 Å². The van der Waals surface area contributed by atoms with Gasteiger partial charge in [0, 0.05) is 14.2 Å². The van der Waals surface area contributed by atoms with Crippen molar-refractivity contribution in [3.8, 4) is 0 Å². The lowest BCUT2D eigenvalue weighted by Crippen LogP contribution is -2.62. The van der Waals surface area contributed by atoms with Crippen LogP contribution in [0.15, 0.2) is 24.3 Å². The predicted molar refractivity (Wildman–Crippen MR) is 49.7 cm³/mol. The average molecular weight is 198 g/mol. The zero-order valence-corrected chi connectivity index (χ0v) is 8.36. The summed E-state index contributed by atoms with van der Waals surface area (Å²) < 4.78 is 21.9. The minimum Gasteiger partial charge on any atom is -0.345 e. The van der Waals surface area contributed by atoms with E-state index in [1.54, 1.807) is 26.4 Å². The number of methoxy groups -OCH3 is 2. The zero-order chi connectivity index (χ0) is 10.1. The second kappa shape index (κ2) is 3.47. The maximum atomic E-state index is 5.60. The first-order valence-electron chi connectivity index (χ1n) is 4.54. The highest BCUT2D eigenvalue weighted by atomic mass is 16.8. The van der Waals surface area contributed by atoms with Gasteiger partial charge in [-0.1, -0.05) is 12.2 Å². The molecule has 0 aromatic rings. The molecule has 0 unspecified atom stereocenters. The van der Waals surface area contributed by atoms with Crippen LogP contribution in [0, 0.1) is 0 Å². The summed E-state index contributed by atoms with van der Waals surface area (Å²) in [4.78, 5) is 0. The Hall–Kier alpha value is -0.680. The van der Waals surface area contributed by atoms with Crippen LogP contribution in [0.5, 0.6) is 0 Å². The molecule has 4 nitrogen and oxygen atoms in total. The molecular weight excluding hydrogens is 184 g/mol. The van der Waals surface area contributed by atoms with E-state index in [2.05, 4.69) is 0 Å². The SMILES string of the molecule is CO[C@]12C=CC=C[C@]1(OC)OCCO2. The highest BCUT2D eigenvalue weighted by Gasteiger charge is 2.55. The summed E-state index contributed by atoms with van der Waals surface area (Å²) in [5.41, 5.74) is 0. The monoisotopic (exact) mass is 198 g/mol. The topological polar surface area (TPSA) is 36.9 Å². The average Bonchev–Trinajstić information content (AvgIpc) is 2.28. The van der Waals surface area contributed by atoms with Crippen molar-refractivity contribution in [1.82, 2.24) is 0 Å². The molecule has 0 bridgehead atoms. The number of hydrogen-bond acceptors (Lipinski definition) is 4. The van der Waals surface area contributed by atoms with Crippen molar-refractivity contribution < 1.29 is 18.9 Å². The lowest BCUT2D eigenvalue weighted by atomic mass is 9.98. The third kappa shape index (κ3) is 1.15. The van der Waals surface area contributed by atoms with Crippen LogP contribution in [0.25, 0.3) is 0 Å². The van der Waals surface area contributed by atoms with Crippen LogP contribution >= 0.6 is 0 Å². The largest absolute Gasteiger partial charge is 0.345 e. The molecule has 78 valence electrons. The molecule has 0 radical (unpaired) electrons. The molecule has 0 aromatic carbocycles. The van der Waals surface area contributed by atoms with Gasteiger partial charge in [0.2, 0.25) is 11.6 Å². The minimum atomic E-state index is -0.950. The van der Waals surface area contributed by atoms with Gasteiger partial charge in [0.1, 0.15) is 0 Å². The second-order valence-electron chi connectivity index (χ2n) is 3.16. The summed E-state index contributed by atoms with van der Waals surface area (Å²) in [5, 5.41) is 0. The molecule has 1 saturated heterocycles. The van der Waals surface area contributed by atoms with Gasteiger partial charge in [-0.3, -0.25) is 0 Å². The van der Waals surface area contributed by atoms with Gasteiger partial charge in [0.25, 0.3) is 0 Å². The Morgan fingerprint density at radius 3 is 1.71 bits per heavy atom. The second-order valence-corrected chi connectivity index (χ2v) is 3.16. The molecule has 2 atom stereocenters. The van der Waals surface area contributed by atoms with Crippen molar-refractivity contribution in [2.24, 2.45) is 0 Å². The van der Waals surface area contributed by atoms with Gasteiger partial charge < -0.3 is 18.9 Å². The van der Waals surface area contributed by atoms with Crippen LogP contribution in [-0.4, -0.2) is 39.0 Å². The molecule has 4 heteroatoms. The van der Waals surface area contributed by atoms with E-state index < -0.39 is 11.6 Å². The summed E-state index contributed by atoms with van der Waals surface area (Å²) in [7, 11) is 3.15. The van der Waals surface area contributed by atoms with E-state index in [-0.39, 0.29) is 0 Å². The van der Waals surface area contributed by atoms with Crippen LogP contribution < -0.4 is 0 Å². The number of rotatable bonds is 2. The zero-order valence-electron chi connectivity index (χ0n) is 8.36. The molecule has 1 aliphatic carbocycles. The van der Waals surface area contributed by atoms with Crippen LogP contribution in [0.2, 0.25) is 0 Å². The van der Waals surface area contributed by atoms with E-state index in [4.69, 9.17) is 18.9 Å². The summed E-state index contributed by atoms with van der Waals surface area (Å²) >= 11 is 0. The van der Waals surface area contributed by atoms with Crippen LogP contribution in [0.4, 0.5) is 0 Å². The molecule has 2 aliphatic rings. The van der Waals surface area contributed by atoms with E-state index in [0.717, 1.165) is 0 Å². The van der Waals surface area contributed by atoms with E-state index in [1.165, 1.54) is 0 Å². The van der Waals surface area contributed by atoms with Gasteiger partial charge in [-0.25, -0.2) is 0 Å². The summed E-state index contributed by atoms with van der Waals surface area (Å²) in [6.07, 6.45) is 7.32. The molecule has 1 aliphatic heterocycles. The van der Waals surface area contributed by atoms with Crippen LogP contribution in [0.1, 0.15) is 0 Å². The normalized spacial score (nSPS) is 41.0. The highest BCUT2D eigenvalue weighted by Crippen LogP contribution is 2.39. The van der Waals surface area contributed by atoms with E-state index in [9.17, 15) is 0 Å². The summed E-state index contributed by atoms with van der Waals surface area (Å²) in [6, 6.07) is 0. The smallest absolute Gasteiger partial charge is 0.248 e. The molecule has 1 fully saturated rings. The molecule has 2 rings (SSSR count). The minimum absolute atomic E-state index is 0.497. The van der Waals surface area contributed by atoms with Crippen molar-refractivity contribution in [1.29, 1.82) is 0 Å². The van der Waals surface area contributed by atoms with Gasteiger partial charge in [0.05, 0.1) is 13.2 Å². The quantitative estimate of drug-likeness (QED) is 0.659. The first-order valence-corrected chi connectivity index (χ1v) is 4.54. The summed E-state index contributed by atoms with van der Waals surface area (Å²) in [5.74, 6) is -1.90. The Balaban J connectivity index is 2.39. The van der Waals surface area contributed by atoms with Crippen molar-refractivity contribution in [2.75, 3.05) is 27.4 Å². The highest BCUT2D eigenvalue weighted by molar-refractivity contribution is 5.25. The third-order valence-electron chi connectivity index (χ3n) is 2.55. The van der Waals surface area contributed by atoms with Crippen LogP contribution in [-0.2, 0) is 18.9 Å². The van der Waals surface area contributed by atoms with E-state index in [1.807, 2.05) is 12.2 Å². The fourth-order valence-corrected chi connectivity index (χ4v) is 1.82. The lowest BCUT2D eigenvalue weighted by Gasteiger charge is -2.47. The van der Waals surface area contributed by atoms with Crippen molar-refractivity contribution >= 4 is 0 Å². The van der Waals surface area contributed by atoms with E-state index in [0.29, 0.717) is 13.2 Å². The van der Waals surface area contributed by atoms with Crippen molar-refractivity contribution in [3.63, 3.8) is 0 Å². The number of hydrogen-bond donors (Lipinski definition) is 0. The summed E-state index contributed by atoms with van der Waals surface area (Å²) in [6.45, 7) is 0.994. The standard InChI is InChI=1S/C10H14O4/c1-11-9-5-3-4-6-10(9,12-2)14-8-7-13-9/h3-6H,7-8H2,1-2H3/t9-,10-/m0/s1. The number of fused-ring (bicyclic) bond motifs is 1. The number of ether oxygens (including phenoxy) is 4. The maximum Gasteiger partial charge on any atom is 0.248 e. The molecule has 0 aromatic heterocycles. The third-order valence-corrected chi connectivity index (χ3v) is 2.55. The number of allylic oxidation sites excluding steroid dienone is 2. The molecule has 0 spiro atoms. The van der Waals surface area contributed by atoms with E-state index >= 15 is 0 Å². The molecule has 0 amide bonds.